The number of aliphatic hydroxyl groups excluding tert-OH is 1. The molecule has 104 valence electrons. The van der Waals surface area contributed by atoms with Crippen LogP contribution < -0.4 is 0 Å². The van der Waals surface area contributed by atoms with Gasteiger partial charge in [-0.3, -0.25) is 9.69 Å². The van der Waals surface area contributed by atoms with E-state index in [1.807, 2.05) is 11.9 Å². The van der Waals surface area contributed by atoms with E-state index in [-0.39, 0.29) is 18.6 Å². The van der Waals surface area contributed by atoms with Gasteiger partial charge in [0.05, 0.1) is 13.2 Å². The van der Waals surface area contributed by atoms with Crippen LogP contribution >= 0.6 is 0 Å². The maximum Gasteiger partial charge on any atom is 0.236 e. The third kappa shape index (κ3) is 3.23. The Balaban J connectivity index is 1.82. The van der Waals surface area contributed by atoms with Gasteiger partial charge >= 0.3 is 0 Å². The van der Waals surface area contributed by atoms with E-state index in [1.165, 1.54) is 19.3 Å². The zero-order valence-corrected chi connectivity index (χ0v) is 11.5. The summed E-state index contributed by atoms with van der Waals surface area (Å²) in [4.78, 5) is 16.4. The second-order valence-electron chi connectivity index (χ2n) is 5.75. The monoisotopic (exact) mass is 254 g/mol. The van der Waals surface area contributed by atoms with E-state index in [1.54, 1.807) is 0 Å². The summed E-state index contributed by atoms with van der Waals surface area (Å²) >= 11 is 0. The number of nitrogens with zero attached hydrogens (tertiary/aromatic N) is 2. The first kappa shape index (κ1) is 13.8. The molecule has 0 aromatic rings. The van der Waals surface area contributed by atoms with Crippen molar-refractivity contribution < 1.29 is 9.90 Å². The standard InChI is InChI=1S/C14H26N2O2/c1-15(12-6-3-2-4-7-12)14(18)10-16-9-5-8-13(16)11-17/h12-13,17H,2-11H2,1H3. The molecule has 0 bridgehead atoms. The predicted octanol–water partition coefficient (Wildman–Crippen LogP) is 1.23. The topological polar surface area (TPSA) is 43.8 Å². The van der Waals surface area contributed by atoms with Gasteiger partial charge in [0.15, 0.2) is 0 Å². The van der Waals surface area contributed by atoms with Crippen LogP contribution in [0.4, 0.5) is 0 Å². The van der Waals surface area contributed by atoms with Crippen LogP contribution in [0.1, 0.15) is 44.9 Å². The Labute approximate surface area is 110 Å². The number of carbonyl (C=O) groups is 1. The average Bonchev–Trinajstić information content (AvgIpc) is 2.86. The van der Waals surface area contributed by atoms with E-state index in [2.05, 4.69) is 4.90 Å². The van der Waals surface area contributed by atoms with Crippen LogP contribution in [0.2, 0.25) is 0 Å². The van der Waals surface area contributed by atoms with Gasteiger partial charge in [-0.15, -0.1) is 0 Å². The SMILES string of the molecule is CN(C(=O)CN1CCCC1CO)C1CCCCC1. The summed E-state index contributed by atoms with van der Waals surface area (Å²) in [5, 5.41) is 9.27. The van der Waals surface area contributed by atoms with Crippen LogP contribution in [0.5, 0.6) is 0 Å². The van der Waals surface area contributed by atoms with Gasteiger partial charge in [-0.2, -0.15) is 0 Å². The lowest BCUT2D eigenvalue weighted by molar-refractivity contribution is -0.134. The Morgan fingerprint density at radius 3 is 2.61 bits per heavy atom. The van der Waals surface area contributed by atoms with Crippen molar-refractivity contribution >= 4 is 5.91 Å². The minimum absolute atomic E-state index is 0.181. The molecule has 1 saturated carbocycles. The predicted molar refractivity (Wildman–Crippen MR) is 71.3 cm³/mol. The minimum Gasteiger partial charge on any atom is -0.395 e. The zero-order valence-electron chi connectivity index (χ0n) is 11.5. The minimum atomic E-state index is 0.181. The summed E-state index contributed by atoms with van der Waals surface area (Å²) in [6.07, 6.45) is 8.27. The van der Waals surface area contributed by atoms with Crippen molar-refractivity contribution in [3.05, 3.63) is 0 Å². The van der Waals surface area contributed by atoms with Gasteiger partial charge in [0.2, 0.25) is 5.91 Å². The van der Waals surface area contributed by atoms with E-state index in [4.69, 9.17) is 0 Å². The molecule has 1 aliphatic carbocycles. The molecule has 4 heteroatoms. The molecule has 18 heavy (non-hydrogen) atoms. The first-order chi connectivity index (χ1) is 8.72. The molecule has 0 spiro atoms. The molecular weight excluding hydrogens is 228 g/mol. The fraction of sp³-hybridized carbons (Fsp3) is 0.929. The molecule has 4 nitrogen and oxygen atoms in total. The molecule has 0 aromatic carbocycles. The molecule has 2 aliphatic rings. The maximum atomic E-state index is 12.3. The van der Waals surface area contributed by atoms with Crippen molar-refractivity contribution in [1.82, 2.24) is 9.80 Å². The maximum absolute atomic E-state index is 12.3. The van der Waals surface area contributed by atoms with Gasteiger partial charge in [0, 0.05) is 19.1 Å². The number of amides is 1. The highest BCUT2D eigenvalue weighted by Gasteiger charge is 2.28. The van der Waals surface area contributed by atoms with Gasteiger partial charge in [-0.05, 0) is 32.2 Å². The molecule has 2 rings (SSSR count). The first-order valence-corrected chi connectivity index (χ1v) is 7.33. The number of aliphatic hydroxyl groups is 1. The third-order valence-corrected chi connectivity index (χ3v) is 4.56. The summed E-state index contributed by atoms with van der Waals surface area (Å²) < 4.78 is 0. The fourth-order valence-corrected chi connectivity index (χ4v) is 3.27. The van der Waals surface area contributed by atoms with Gasteiger partial charge in [0.1, 0.15) is 0 Å². The highest BCUT2D eigenvalue weighted by Crippen LogP contribution is 2.22. The quantitative estimate of drug-likeness (QED) is 0.821. The van der Waals surface area contributed by atoms with Gasteiger partial charge < -0.3 is 10.0 Å². The van der Waals surface area contributed by atoms with Gasteiger partial charge in [0.25, 0.3) is 0 Å². The highest BCUT2D eigenvalue weighted by atomic mass is 16.3. The number of rotatable bonds is 4. The summed E-state index contributed by atoms with van der Waals surface area (Å²) in [6, 6.07) is 0.648. The van der Waals surface area contributed by atoms with Crippen LogP contribution in [0.15, 0.2) is 0 Å². The molecule has 1 N–H and O–H groups in total. The summed E-state index contributed by atoms with van der Waals surface area (Å²) in [7, 11) is 1.95. The number of likely N-dealkylation sites (tertiary alicyclic amines) is 1. The van der Waals surface area contributed by atoms with Crippen LogP contribution in [0.3, 0.4) is 0 Å². The molecule has 0 aromatic heterocycles. The smallest absolute Gasteiger partial charge is 0.236 e. The summed E-state index contributed by atoms with van der Waals surface area (Å²) in [5.41, 5.74) is 0. The first-order valence-electron chi connectivity index (χ1n) is 7.33. The molecule has 1 amide bonds. The molecule has 1 atom stereocenters. The number of likely N-dealkylation sites (N-methyl/N-ethyl adjacent to an activating group) is 1. The molecule has 0 radical (unpaired) electrons. The second kappa shape index (κ2) is 6.53. The van der Waals surface area contributed by atoms with Gasteiger partial charge in [-0.1, -0.05) is 19.3 Å². The van der Waals surface area contributed by atoms with Crippen molar-refractivity contribution in [2.75, 3.05) is 26.7 Å². The van der Waals surface area contributed by atoms with E-state index in [0.717, 1.165) is 32.2 Å². The van der Waals surface area contributed by atoms with E-state index >= 15 is 0 Å². The van der Waals surface area contributed by atoms with E-state index < -0.39 is 0 Å². The van der Waals surface area contributed by atoms with Crippen LogP contribution in [0.25, 0.3) is 0 Å². The zero-order chi connectivity index (χ0) is 13.0. The molecule has 2 fully saturated rings. The summed E-state index contributed by atoms with van der Waals surface area (Å²) in [5.74, 6) is 0.224. The van der Waals surface area contributed by atoms with Crippen molar-refractivity contribution in [2.24, 2.45) is 0 Å². The lowest BCUT2D eigenvalue weighted by Crippen LogP contribution is -2.45. The van der Waals surface area contributed by atoms with Crippen molar-refractivity contribution in [3.63, 3.8) is 0 Å². The number of carbonyl (C=O) groups excluding carboxylic acids is 1. The second-order valence-corrected chi connectivity index (χ2v) is 5.75. The molecule has 1 unspecified atom stereocenters. The third-order valence-electron chi connectivity index (χ3n) is 4.56. The lowest BCUT2D eigenvalue weighted by Gasteiger charge is -2.33. The Bertz CT molecular complexity index is 277. The molecule has 1 aliphatic heterocycles. The molecule has 1 saturated heterocycles. The van der Waals surface area contributed by atoms with Gasteiger partial charge in [-0.25, -0.2) is 0 Å². The van der Waals surface area contributed by atoms with E-state index in [0.29, 0.717) is 12.6 Å². The number of hydrogen-bond donors (Lipinski definition) is 1. The Morgan fingerprint density at radius 1 is 1.22 bits per heavy atom. The van der Waals surface area contributed by atoms with Crippen LogP contribution in [-0.2, 0) is 4.79 Å². The summed E-state index contributed by atoms with van der Waals surface area (Å²) in [6.45, 7) is 1.62. The average molecular weight is 254 g/mol. The van der Waals surface area contributed by atoms with E-state index in [9.17, 15) is 9.90 Å². The normalized spacial score (nSPS) is 26.4. The Morgan fingerprint density at radius 2 is 1.94 bits per heavy atom. The molecule has 1 heterocycles. The molecular formula is C14H26N2O2. The van der Waals surface area contributed by atoms with Crippen molar-refractivity contribution in [1.29, 1.82) is 0 Å². The lowest BCUT2D eigenvalue weighted by atomic mass is 9.94. The Kier molecular flexibility index (Phi) is 5.01. The fourth-order valence-electron chi connectivity index (χ4n) is 3.27. The highest BCUT2D eigenvalue weighted by molar-refractivity contribution is 5.78. The Hall–Kier alpha value is -0.610. The largest absolute Gasteiger partial charge is 0.395 e. The number of hydrogen-bond acceptors (Lipinski definition) is 3. The van der Waals surface area contributed by atoms with Crippen molar-refractivity contribution in [2.45, 2.75) is 57.0 Å². The van der Waals surface area contributed by atoms with Crippen LogP contribution in [-0.4, -0.2) is 59.6 Å². The van der Waals surface area contributed by atoms with Crippen molar-refractivity contribution in [3.8, 4) is 0 Å². The van der Waals surface area contributed by atoms with Crippen LogP contribution in [0, 0.1) is 0 Å².